The Morgan fingerprint density at radius 2 is 1.83 bits per heavy atom. The number of para-hydroxylation sites is 2. The summed E-state index contributed by atoms with van der Waals surface area (Å²) < 4.78 is 0. The summed E-state index contributed by atoms with van der Waals surface area (Å²) in [5, 5.41) is 3.41. The Morgan fingerprint density at radius 1 is 1.00 bits per heavy atom. The van der Waals surface area contributed by atoms with Gasteiger partial charge in [-0.2, -0.15) is 0 Å². The first-order valence-corrected chi connectivity index (χ1v) is 8.68. The Bertz CT molecular complexity index is 743. The lowest BCUT2D eigenvalue weighted by atomic mass is 10.3. The molecule has 3 rings (SSSR count). The van der Waals surface area contributed by atoms with Gasteiger partial charge in [0.2, 0.25) is 0 Å². The molecule has 0 saturated carbocycles. The average Bonchev–Trinajstić information content (AvgIpc) is 3.06. The zero-order chi connectivity index (χ0) is 16.8. The number of pyridine rings is 1. The molecule has 1 aromatic carbocycles. The Balaban J connectivity index is 1.63. The standard InChI is InChI=1S/C19H25N5/c1-3-24(4-2)14-8-13-20-18-12-7-11-17(21-18)19-22-15-9-5-6-10-16(15)23-19/h5-7,9-12H,3-4,8,13-14H2,1-2H3,(H,20,21)(H,22,23). The molecule has 0 saturated heterocycles. The van der Waals surface area contributed by atoms with Crippen molar-refractivity contribution in [2.75, 3.05) is 31.5 Å². The summed E-state index contributed by atoms with van der Waals surface area (Å²) in [5.74, 6) is 1.70. The first-order valence-electron chi connectivity index (χ1n) is 8.68. The van der Waals surface area contributed by atoms with E-state index in [2.05, 4.69) is 39.0 Å². The average molecular weight is 323 g/mol. The highest BCUT2D eigenvalue weighted by Crippen LogP contribution is 2.19. The summed E-state index contributed by atoms with van der Waals surface area (Å²) in [6, 6.07) is 14.0. The summed E-state index contributed by atoms with van der Waals surface area (Å²) in [6.45, 7) is 8.66. The van der Waals surface area contributed by atoms with Crippen LogP contribution in [0.25, 0.3) is 22.6 Å². The van der Waals surface area contributed by atoms with E-state index in [-0.39, 0.29) is 0 Å². The van der Waals surface area contributed by atoms with E-state index in [1.165, 1.54) is 0 Å². The second-order valence-corrected chi connectivity index (χ2v) is 5.82. The van der Waals surface area contributed by atoms with Crippen molar-refractivity contribution in [3.05, 3.63) is 42.5 Å². The monoisotopic (exact) mass is 323 g/mol. The zero-order valence-corrected chi connectivity index (χ0v) is 14.4. The largest absolute Gasteiger partial charge is 0.370 e. The summed E-state index contributed by atoms with van der Waals surface area (Å²) in [6.07, 6.45) is 1.11. The number of nitrogens with one attached hydrogen (secondary N) is 2. The fourth-order valence-corrected chi connectivity index (χ4v) is 2.80. The molecule has 2 N–H and O–H groups in total. The van der Waals surface area contributed by atoms with E-state index >= 15 is 0 Å². The molecular weight excluding hydrogens is 298 g/mol. The molecule has 3 aromatic rings. The summed E-state index contributed by atoms with van der Waals surface area (Å²) in [4.78, 5) is 15.0. The fraction of sp³-hybridized carbons (Fsp3) is 0.368. The maximum absolute atomic E-state index is 4.68. The van der Waals surface area contributed by atoms with Crippen LogP contribution >= 0.6 is 0 Å². The molecule has 0 aliphatic rings. The summed E-state index contributed by atoms with van der Waals surface area (Å²) >= 11 is 0. The van der Waals surface area contributed by atoms with Crippen LogP contribution in [-0.4, -0.2) is 46.0 Å². The number of aromatic nitrogens is 3. The Labute approximate surface area is 143 Å². The van der Waals surface area contributed by atoms with Crippen LogP contribution in [0.15, 0.2) is 42.5 Å². The van der Waals surface area contributed by atoms with E-state index in [4.69, 9.17) is 0 Å². The highest BCUT2D eigenvalue weighted by molar-refractivity contribution is 5.78. The molecule has 0 aliphatic carbocycles. The number of hydrogen-bond donors (Lipinski definition) is 2. The van der Waals surface area contributed by atoms with Crippen molar-refractivity contribution in [1.29, 1.82) is 0 Å². The Hall–Kier alpha value is -2.40. The fourth-order valence-electron chi connectivity index (χ4n) is 2.80. The van der Waals surface area contributed by atoms with Gasteiger partial charge < -0.3 is 15.2 Å². The molecular formula is C19H25N5. The molecule has 0 spiro atoms. The molecule has 2 aromatic heterocycles. The lowest BCUT2D eigenvalue weighted by Gasteiger charge is -2.17. The normalized spacial score (nSPS) is 11.3. The summed E-state index contributed by atoms with van der Waals surface area (Å²) in [7, 11) is 0. The van der Waals surface area contributed by atoms with E-state index in [0.717, 1.165) is 61.0 Å². The van der Waals surface area contributed by atoms with Gasteiger partial charge in [0, 0.05) is 6.54 Å². The van der Waals surface area contributed by atoms with Gasteiger partial charge >= 0.3 is 0 Å². The van der Waals surface area contributed by atoms with E-state index in [1.807, 2.05) is 42.5 Å². The van der Waals surface area contributed by atoms with Crippen LogP contribution in [0.5, 0.6) is 0 Å². The lowest BCUT2D eigenvalue weighted by Crippen LogP contribution is -2.25. The number of rotatable bonds is 8. The predicted molar refractivity (Wildman–Crippen MR) is 100 cm³/mol. The van der Waals surface area contributed by atoms with Gasteiger partial charge in [0.15, 0.2) is 5.82 Å². The highest BCUT2D eigenvalue weighted by atomic mass is 15.1. The van der Waals surface area contributed by atoms with Gasteiger partial charge in [-0.15, -0.1) is 0 Å². The molecule has 2 heterocycles. The quantitative estimate of drug-likeness (QED) is 0.620. The van der Waals surface area contributed by atoms with Gasteiger partial charge in [0.25, 0.3) is 0 Å². The maximum Gasteiger partial charge on any atom is 0.157 e. The van der Waals surface area contributed by atoms with Crippen molar-refractivity contribution in [3.63, 3.8) is 0 Å². The van der Waals surface area contributed by atoms with Crippen LogP contribution in [0.2, 0.25) is 0 Å². The van der Waals surface area contributed by atoms with Crippen LogP contribution in [0.3, 0.4) is 0 Å². The third-order valence-corrected chi connectivity index (χ3v) is 4.23. The zero-order valence-electron chi connectivity index (χ0n) is 14.4. The number of nitrogens with zero attached hydrogens (tertiary/aromatic N) is 3. The predicted octanol–water partition coefficient (Wildman–Crippen LogP) is 3.77. The molecule has 5 heteroatoms. The minimum Gasteiger partial charge on any atom is -0.370 e. The molecule has 24 heavy (non-hydrogen) atoms. The van der Waals surface area contributed by atoms with Crippen LogP contribution in [0.1, 0.15) is 20.3 Å². The van der Waals surface area contributed by atoms with Crippen LogP contribution in [0.4, 0.5) is 5.82 Å². The van der Waals surface area contributed by atoms with E-state index in [9.17, 15) is 0 Å². The number of benzene rings is 1. The Kier molecular flexibility index (Phi) is 5.43. The van der Waals surface area contributed by atoms with Crippen molar-refractivity contribution in [1.82, 2.24) is 19.9 Å². The lowest BCUT2D eigenvalue weighted by molar-refractivity contribution is 0.303. The van der Waals surface area contributed by atoms with E-state index in [1.54, 1.807) is 0 Å². The van der Waals surface area contributed by atoms with Gasteiger partial charge in [0.05, 0.1) is 11.0 Å². The molecule has 5 nitrogen and oxygen atoms in total. The second kappa shape index (κ2) is 7.93. The van der Waals surface area contributed by atoms with Crippen molar-refractivity contribution < 1.29 is 0 Å². The number of hydrogen-bond acceptors (Lipinski definition) is 4. The first-order chi connectivity index (χ1) is 11.8. The van der Waals surface area contributed by atoms with Crippen molar-refractivity contribution in [2.24, 2.45) is 0 Å². The molecule has 126 valence electrons. The number of aromatic amines is 1. The van der Waals surface area contributed by atoms with Gasteiger partial charge in [0.1, 0.15) is 11.5 Å². The Morgan fingerprint density at radius 3 is 2.62 bits per heavy atom. The van der Waals surface area contributed by atoms with Crippen LogP contribution in [0, 0.1) is 0 Å². The van der Waals surface area contributed by atoms with Gasteiger partial charge in [-0.3, -0.25) is 0 Å². The maximum atomic E-state index is 4.68. The topological polar surface area (TPSA) is 56.8 Å². The molecule has 0 fully saturated rings. The molecule has 0 bridgehead atoms. The molecule has 0 atom stereocenters. The molecule has 0 amide bonds. The molecule has 0 radical (unpaired) electrons. The van der Waals surface area contributed by atoms with Crippen molar-refractivity contribution >= 4 is 16.9 Å². The molecule has 0 unspecified atom stereocenters. The minimum absolute atomic E-state index is 0.808. The van der Waals surface area contributed by atoms with Gasteiger partial charge in [-0.25, -0.2) is 9.97 Å². The SMILES string of the molecule is CCN(CC)CCCNc1cccc(-c2nc3ccccc3[nH]2)n1. The first kappa shape index (κ1) is 16.5. The van der Waals surface area contributed by atoms with E-state index in [0.29, 0.717) is 0 Å². The third kappa shape index (κ3) is 3.92. The van der Waals surface area contributed by atoms with Gasteiger partial charge in [-0.1, -0.05) is 32.0 Å². The third-order valence-electron chi connectivity index (χ3n) is 4.23. The number of anilines is 1. The van der Waals surface area contributed by atoms with Crippen LogP contribution in [-0.2, 0) is 0 Å². The number of imidazole rings is 1. The van der Waals surface area contributed by atoms with Crippen LogP contribution < -0.4 is 5.32 Å². The van der Waals surface area contributed by atoms with Crippen molar-refractivity contribution in [2.45, 2.75) is 20.3 Å². The van der Waals surface area contributed by atoms with Gasteiger partial charge in [-0.05, 0) is 50.3 Å². The number of H-pyrrole nitrogens is 1. The smallest absolute Gasteiger partial charge is 0.157 e. The van der Waals surface area contributed by atoms with E-state index < -0.39 is 0 Å². The minimum atomic E-state index is 0.808. The van der Waals surface area contributed by atoms with Crippen molar-refractivity contribution in [3.8, 4) is 11.5 Å². The second-order valence-electron chi connectivity index (χ2n) is 5.82. The molecule has 0 aliphatic heterocycles. The highest BCUT2D eigenvalue weighted by Gasteiger charge is 2.07. The number of fused-ring (bicyclic) bond motifs is 1. The summed E-state index contributed by atoms with van der Waals surface area (Å²) in [5.41, 5.74) is 2.86.